The Hall–Kier alpha value is -2.34. The van der Waals surface area contributed by atoms with Gasteiger partial charge in [0.25, 0.3) is 0 Å². The van der Waals surface area contributed by atoms with Crippen LogP contribution in [-0.2, 0) is 0 Å². The Kier molecular flexibility index (Phi) is 3.87. The van der Waals surface area contributed by atoms with Crippen LogP contribution in [0.15, 0.2) is 52.0 Å². The third-order valence-corrected chi connectivity index (χ3v) is 3.57. The first-order valence-corrected chi connectivity index (χ1v) is 7.13. The highest BCUT2D eigenvalue weighted by Crippen LogP contribution is 2.24. The van der Waals surface area contributed by atoms with Gasteiger partial charge in [0.2, 0.25) is 5.95 Å². The minimum Gasteiger partial charge on any atom is -0.496 e. The largest absolute Gasteiger partial charge is 0.496 e. The number of fused-ring (bicyclic) bond motifs is 1. The molecule has 0 radical (unpaired) electrons. The van der Waals surface area contributed by atoms with Gasteiger partial charge in [-0.3, -0.25) is 0 Å². The van der Waals surface area contributed by atoms with E-state index < -0.39 is 0 Å². The Morgan fingerprint density at radius 3 is 2.90 bits per heavy atom. The van der Waals surface area contributed by atoms with E-state index in [1.165, 1.54) is 0 Å². The van der Waals surface area contributed by atoms with Gasteiger partial charge in [-0.2, -0.15) is 5.10 Å². The summed E-state index contributed by atoms with van der Waals surface area (Å²) in [4.78, 5) is 7.53. The number of benzene rings is 2. The van der Waals surface area contributed by atoms with Crippen LogP contribution in [0.1, 0.15) is 5.56 Å². The molecule has 0 saturated carbocycles. The van der Waals surface area contributed by atoms with Gasteiger partial charge in [-0.25, -0.2) is 10.4 Å². The fraction of sp³-hybridized carbons (Fsp3) is 0.0667. The number of ether oxygens (including phenoxy) is 1. The van der Waals surface area contributed by atoms with Gasteiger partial charge in [0, 0.05) is 0 Å². The molecular weight excluding hydrogens is 332 g/mol. The van der Waals surface area contributed by atoms with Gasteiger partial charge in [-0.05, 0) is 51.8 Å². The number of imidazole rings is 1. The second-order valence-corrected chi connectivity index (χ2v) is 5.22. The molecule has 0 spiro atoms. The van der Waals surface area contributed by atoms with E-state index in [1.807, 2.05) is 42.5 Å². The van der Waals surface area contributed by atoms with Crippen molar-refractivity contribution in [3.8, 4) is 5.75 Å². The van der Waals surface area contributed by atoms with E-state index in [9.17, 15) is 0 Å². The van der Waals surface area contributed by atoms with E-state index in [0.717, 1.165) is 26.8 Å². The Balaban J connectivity index is 1.73. The number of rotatable bonds is 4. The quantitative estimate of drug-likeness (QED) is 0.559. The molecule has 1 aromatic heterocycles. The van der Waals surface area contributed by atoms with Gasteiger partial charge < -0.3 is 9.72 Å². The fourth-order valence-electron chi connectivity index (χ4n) is 1.94. The van der Waals surface area contributed by atoms with Crippen molar-refractivity contribution in [3.05, 3.63) is 52.5 Å². The zero-order valence-electron chi connectivity index (χ0n) is 11.3. The molecule has 0 bridgehead atoms. The summed E-state index contributed by atoms with van der Waals surface area (Å²) in [5.74, 6) is 1.40. The molecule has 0 saturated heterocycles. The minimum atomic E-state index is 0.611. The van der Waals surface area contributed by atoms with E-state index in [4.69, 9.17) is 4.74 Å². The van der Waals surface area contributed by atoms with Crippen molar-refractivity contribution in [1.82, 2.24) is 9.97 Å². The lowest BCUT2D eigenvalue weighted by Gasteiger charge is -2.02. The van der Waals surface area contributed by atoms with Gasteiger partial charge in [-0.1, -0.05) is 12.1 Å². The van der Waals surface area contributed by atoms with Crippen molar-refractivity contribution in [2.75, 3.05) is 12.5 Å². The molecule has 106 valence electrons. The van der Waals surface area contributed by atoms with E-state index in [1.54, 1.807) is 13.3 Å². The van der Waals surface area contributed by atoms with Crippen LogP contribution in [0.3, 0.4) is 0 Å². The number of aromatic amines is 1. The van der Waals surface area contributed by atoms with Crippen molar-refractivity contribution in [3.63, 3.8) is 0 Å². The lowest BCUT2D eigenvalue weighted by atomic mass is 10.2. The number of methoxy groups -OCH3 is 1. The summed E-state index contributed by atoms with van der Waals surface area (Å²) < 4.78 is 6.07. The van der Waals surface area contributed by atoms with E-state index in [0.29, 0.717) is 5.95 Å². The molecule has 3 rings (SSSR count). The Bertz CT molecular complexity index is 764. The maximum atomic E-state index is 5.19. The smallest absolute Gasteiger partial charge is 0.222 e. The Morgan fingerprint density at radius 2 is 2.14 bits per heavy atom. The van der Waals surface area contributed by atoms with Crippen LogP contribution in [0.4, 0.5) is 5.95 Å². The number of nitrogens with one attached hydrogen (secondary N) is 2. The minimum absolute atomic E-state index is 0.611. The molecule has 2 aromatic carbocycles. The topological polar surface area (TPSA) is 62.3 Å². The first kappa shape index (κ1) is 13.6. The number of hydrogen-bond donors (Lipinski definition) is 2. The molecule has 2 N–H and O–H groups in total. The van der Waals surface area contributed by atoms with Gasteiger partial charge >= 0.3 is 0 Å². The molecule has 0 atom stereocenters. The van der Waals surface area contributed by atoms with Crippen molar-refractivity contribution in [2.24, 2.45) is 5.10 Å². The molecule has 0 aliphatic rings. The lowest BCUT2D eigenvalue weighted by Crippen LogP contribution is -1.93. The summed E-state index contributed by atoms with van der Waals surface area (Å²) in [5.41, 5.74) is 5.72. The standard InChI is InChI=1S/C15H13BrN4O/c1-21-14-7-6-10(8-11(14)16)9-17-20-15-18-12-4-2-3-5-13(12)19-15/h2-9H,1H3,(H2,18,19,20). The molecule has 3 aromatic rings. The van der Waals surface area contributed by atoms with Gasteiger partial charge in [0.05, 0.1) is 28.8 Å². The third-order valence-electron chi connectivity index (χ3n) is 2.95. The van der Waals surface area contributed by atoms with Gasteiger partial charge in [-0.15, -0.1) is 0 Å². The number of H-pyrrole nitrogens is 1. The van der Waals surface area contributed by atoms with E-state index >= 15 is 0 Å². The summed E-state index contributed by atoms with van der Waals surface area (Å²) in [6.45, 7) is 0. The lowest BCUT2D eigenvalue weighted by molar-refractivity contribution is 0.412. The first-order chi connectivity index (χ1) is 10.3. The van der Waals surface area contributed by atoms with Crippen molar-refractivity contribution in [2.45, 2.75) is 0 Å². The van der Waals surface area contributed by atoms with Crippen molar-refractivity contribution >= 4 is 39.1 Å². The summed E-state index contributed by atoms with van der Waals surface area (Å²) in [6, 6.07) is 13.6. The number of para-hydroxylation sites is 2. The predicted molar refractivity (Wildman–Crippen MR) is 88.0 cm³/mol. The summed E-state index contributed by atoms with van der Waals surface area (Å²) in [6.07, 6.45) is 1.72. The van der Waals surface area contributed by atoms with Crippen LogP contribution < -0.4 is 10.2 Å². The van der Waals surface area contributed by atoms with Crippen LogP contribution in [0.25, 0.3) is 11.0 Å². The zero-order chi connectivity index (χ0) is 14.7. The molecular formula is C15H13BrN4O. The van der Waals surface area contributed by atoms with Gasteiger partial charge in [0.1, 0.15) is 5.75 Å². The van der Waals surface area contributed by atoms with E-state index in [-0.39, 0.29) is 0 Å². The fourth-order valence-corrected chi connectivity index (χ4v) is 2.50. The van der Waals surface area contributed by atoms with Crippen LogP contribution in [0, 0.1) is 0 Å². The van der Waals surface area contributed by atoms with Crippen molar-refractivity contribution in [1.29, 1.82) is 0 Å². The van der Waals surface area contributed by atoms with Crippen LogP contribution in [-0.4, -0.2) is 23.3 Å². The summed E-state index contributed by atoms with van der Waals surface area (Å²) in [7, 11) is 1.64. The summed E-state index contributed by atoms with van der Waals surface area (Å²) in [5, 5.41) is 4.17. The van der Waals surface area contributed by atoms with Crippen LogP contribution >= 0.6 is 15.9 Å². The zero-order valence-corrected chi connectivity index (χ0v) is 12.9. The molecule has 0 aliphatic carbocycles. The molecule has 21 heavy (non-hydrogen) atoms. The molecule has 5 nitrogen and oxygen atoms in total. The molecule has 6 heteroatoms. The predicted octanol–water partition coefficient (Wildman–Crippen LogP) is 3.78. The molecule has 0 fully saturated rings. The molecule has 1 heterocycles. The Morgan fingerprint density at radius 1 is 1.29 bits per heavy atom. The molecule has 0 unspecified atom stereocenters. The van der Waals surface area contributed by atoms with Gasteiger partial charge in [0.15, 0.2) is 0 Å². The number of aromatic nitrogens is 2. The number of anilines is 1. The first-order valence-electron chi connectivity index (χ1n) is 6.33. The highest BCUT2D eigenvalue weighted by molar-refractivity contribution is 9.10. The monoisotopic (exact) mass is 344 g/mol. The number of hydrazone groups is 1. The van der Waals surface area contributed by atoms with Crippen LogP contribution in [0.2, 0.25) is 0 Å². The maximum Gasteiger partial charge on any atom is 0.222 e. The second kappa shape index (κ2) is 5.97. The molecule has 0 amide bonds. The van der Waals surface area contributed by atoms with Crippen LogP contribution in [0.5, 0.6) is 5.75 Å². The maximum absolute atomic E-state index is 5.19. The normalized spacial score (nSPS) is 11.1. The third kappa shape index (κ3) is 3.05. The van der Waals surface area contributed by atoms with E-state index in [2.05, 4.69) is 36.4 Å². The second-order valence-electron chi connectivity index (χ2n) is 4.37. The molecule has 0 aliphatic heterocycles. The number of hydrogen-bond acceptors (Lipinski definition) is 4. The average molecular weight is 345 g/mol. The highest BCUT2D eigenvalue weighted by Gasteiger charge is 2.01. The number of halogens is 1. The average Bonchev–Trinajstić information content (AvgIpc) is 2.90. The highest BCUT2D eigenvalue weighted by atomic mass is 79.9. The Labute approximate surface area is 130 Å². The summed E-state index contributed by atoms with van der Waals surface area (Å²) >= 11 is 3.44. The SMILES string of the molecule is COc1ccc(C=NNc2nc3ccccc3[nH]2)cc1Br. The van der Waals surface area contributed by atoms with Crippen molar-refractivity contribution < 1.29 is 4.74 Å². The number of nitrogens with zero attached hydrogens (tertiary/aromatic N) is 2.